The van der Waals surface area contributed by atoms with E-state index in [0.717, 1.165) is 5.75 Å². The highest BCUT2D eigenvalue weighted by Crippen LogP contribution is 2.36. The van der Waals surface area contributed by atoms with Gasteiger partial charge in [0.1, 0.15) is 12.4 Å². The molecule has 2 aliphatic rings. The van der Waals surface area contributed by atoms with Gasteiger partial charge in [0.15, 0.2) is 0 Å². The SMILES string of the molecule is CC(C)COc1ccc(C(=O)OC[C@H]2CCC[N@+]3(C)CCCC[C@H]23)cc1. The number of esters is 1. The standard InChI is InChI=1S/C22H34NO3/c1-17(2)15-25-20-11-9-18(10-12-20)22(24)26-16-19-7-6-14-23(3)13-5-4-8-21(19)23/h9-12,17,19,21H,4-8,13-16H2,1-3H3/q+1/t19-,21-,23+/m1/s1. The predicted octanol–water partition coefficient (Wildman–Crippen LogP) is 4.29. The quantitative estimate of drug-likeness (QED) is 0.561. The Morgan fingerprint density at radius 3 is 2.58 bits per heavy atom. The van der Waals surface area contributed by atoms with Gasteiger partial charge in [-0.05, 0) is 55.9 Å². The Balaban J connectivity index is 1.53. The van der Waals surface area contributed by atoms with Crippen LogP contribution in [0.25, 0.3) is 0 Å². The number of hydrogen-bond donors (Lipinski definition) is 0. The van der Waals surface area contributed by atoms with Crippen molar-refractivity contribution >= 4 is 5.97 Å². The Morgan fingerprint density at radius 1 is 1.12 bits per heavy atom. The molecular formula is C22H34NO3+. The second-order valence-corrected chi connectivity index (χ2v) is 8.72. The van der Waals surface area contributed by atoms with Gasteiger partial charge in [0.2, 0.25) is 0 Å². The third kappa shape index (κ3) is 4.59. The number of carbonyl (C=O) groups is 1. The van der Waals surface area contributed by atoms with E-state index in [2.05, 4.69) is 20.9 Å². The van der Waals surface area contributed by atoms with Crippen LogP contribution < -0.4 is 4.74 Å². The van der Waals surface area contributed by atoms with Gasteiger partial charge >= 0.3 is 5.97 Å². The second kappa shape index (κ2) is 8.43. The maximum absolute atomic E-state index is 12.4. The molecule has 0 bridgehead atoms. The minimum absolute atomic E-state index is 0.212. The molecule has 0 aliphatic carbocycles. The molecule has 0 N–H and O–H groups in total. The molecule has 0 amide bonds. The first-order valence-corrected chi connectivity index (χ1v) is 10.2. The number of fused-ring (bicyclic) bond motifs is 1. The van der Waals surface area contributed by atoms with Gasteiger partial charge in [-0.2, -0.15) is 0 Å². The molecule has 2 saturated heterocycles. The highest BCUT2D eigenvalue weighted by atomic mass is 16.5. The summed E-state index contributed by atoms with van der Waals surface area (Å²) in [5, 5.41) is 0. The molecule has 1 aromatic rings. The topological polar surface area (TPSA) is 35.5 Å². The van der Waals surface area contributed by atoms with Crippen molar-refractivity contribution in [3.63, 3.8) is 0 Å². The lowest BCUT2D eigenvalue weighted by Crippen LogP contribution is -2.61. The van der Waals surface area contributed by atoms with Gasteiger partial charge in [0, 0.05) is 12.3 Å². The Labute approximate surface area is 158 Å². The largest absolute Gasteiger partial charge is 0.493 e. The van der Waals surface area contributed by atoms with E-state index in [4.69, 9.17) is 9.47 Å². The first-order chi connectivity index (χ1) is 12.5. The molecular weight excluding hydrogens is 326 g/mol. The van der Waals surface area contributed by atoms with Crippen LogP contribution >= 0.6 is 0 Å². The highest BCUT2D eigenvalue weighted by Gasteiger charge is 2.43. The fourth-order valence-electron chi connectivity index (χ4n) is 4.64. The lowest BCUT2D eigenvalue weighted by molar-refractivity contribution is -0.947. The van der Waals surface area contributed by atoms with Crippen molar-refractivity contribution in [2.75, 3.05) is 33.4 Å². The van der Waals surface area contributed by atoms with Crippen LogP contribution in [-0.2, 0) is 4.74 Å². The van der Waals surface area contributed by atoms with Crippen LogP contribution in [0.2, 0.25) is 0 Å². The van der Waals surface area contributed by atoms with E-state index in [0.29, 0.717) is 36.7 Å². The third-order valence-corrected chi connectivity index (χ3v) is 6.11. The number of hydrogen-bond acceptors (Lipinski definition) is 3. The fraction of sp³-hybridized carbons (Fsp3) is 0.682. The molecule has 1 aromatic carbocycles. The number of benzene rings is 1. The summed E-state index contributed by atoms with van der Waals surface area (Å²) in [7, 11) is 2.40. The molecule has 3 atom stereocenters. The maximum Gasteiger partial charge on any atom is 0.338 e. The van der Waals surface area contributed by atoms with Crippen LogP contribution in [0.5, 0.6) is 5.75 Å². The van der Waals surface area contributed by atoms with Crippen molar-refractivity contribution in [1.82, 2.24) is 0 Å². The summed E-state index contributed by atoms with van der Waals surface area (Å²) in [5.41, 5.74) is 0.610. The van der Waals surface area contributed by atoms with Crippen LogP contribution in [0, 0.1) is 11.8 Å². The summed E-state index contributed by atoms with van der Waals surface area (Å²) < 4.78 is 12.6. The minimum Gasteiger partial charge on any atom is -0.493 e. The van der Waals surface area contributed by atoms with Gasteiger partial charge in [-0.25, -0.2) is 4.79 Å². The smallest absolute Gasteiger partial charge is 0.338 e. The molecule has 4 nitrogen and oxygen atoms in total. The molecule has 0 saturated carbocycles. The molecule has 2 fully saturated rings. The first-order valence-electron chi connectivity index (χ1n) is 10.2. The van der Waals surface area contributed by atoms with Crippen LogP contribution in [-0.4, -0.2) is 49.8 Å². The number of rotatable bonds is 6. The molecule has 0 spiro atoms. The van der Waals surface area contributed by atoms with Crippen molar-refractivity contribution in [2.45, 2.75) is 52.0 Å². The van der Waals surface area contributed by atoms with E-state index in [1.54, 1.807) is 12.1 Å². The van der Waals surface area contributed by atoms with Gasteiger partial charge in [-0.15, -0.1) is 0 Å². The number of ether oxygens (including phenoxy) is 2. The van der Waals surface area contributed by atoms with E-state index < -0.39 is 0 Å². The zero-order chi connectivity index (χ0) is 18.6. The zero-order valence-corrected chi connectivity index (χ0v) is 16.6. The van der Waals surface area contributed by atoms with E-state index in [1.165, 1.54) is 49.7 Å². The van der Waals surface area contributed by atoms with Crippen LogP contribution in [0.15, 0.2) is 24.3 Å². The predicted molar refractivity (Wildman–Crippen MR) is 103 cm³/mol. The number of quaternary nitrogens is 1. The van der Waals surface area contributed by atoms with Gasteiger partial charge in [0.05, 0.1) is 38.3 Å². The molecule has 144 valence electrons. The number of piperidine rings is 2. The highest BCUT2D eigenvalue weighted by molar-refractivity contribution is 5.89. The van der Waals surface area contributed by atoms with Crippen molar-refractivity contribution in [1.29, 1.82) is 0 Å². The van der Waals surface area contributed by atoms with Crippen molar-refractivity contribution in [2.24, 2.45) is 11.8 Å². The average molecular weight is 361 g/mol. The van der Waals surface area contributed by atoms with Crippen LogP contribution in [0.3, 0.4) is 0 Å². The lowest BCUT2D eigenvalue weighted by Gasteiger charge is -2.51. The molecule has 26 heavy (non-hydrogen) atoms. The molecule has 2 aliphatic heterocycles. The zero-order valence-electron chi connectivity index (χ0n) is 16.6. The lowest BCUT2D eigenvalue weighted by atomic mass is 9.82. The monoisotopic (exact) mass is 360 g/mol. The van der Waals surface area contributed by atoms with Crippen molar-refractivity contribution in [3.05, 3.63) is 29.8 Å². The molecule has 2 heterocycles. The van der Waals surface area contributed by atoms with Crippen molar-refractivity contribution < 1.29 is 18.8 Å². The second-order valence-electron chi connectivity index (χ2n) is 8.72. The molecule has 3 rings (SSSR count). The third-order valence-electron chi connectivity index (χ3n) is 6.11. The summed E-state index contributed by atoms with van der Waals surface area (Å²) in [5.74, 6) is 1.58. The van der Waals surface area contributed by atoms with E-state index in [-0.39, 0.29) is 5.97 Å². The van der Waals surface area contributed by atoms with Crippen LogP contribution in [0.4, 0.5) is 0 Å². The average Bonchev–Trinajstić information content (AvgIpc) is 2.64. The molecule has 0 unspecified atom stereocenters. The summed E-state index contributed by atoms with van der Waals surface area (Å²) >= 11 is 0. The Hall–Kier alpha value is -1.55. The molecule has 0 radical (unpaired) electrons. The fourth-order valence-corrected chi connectivity index (χ4v) is 4.64. The van der Waals surface area contributed by atoms with Gasteiger partial charge in [0.25, 0.3) is 0 Å². The van der Waals surface area contributed by atoms with Gasteiger partial charge in [-0.1, -0.05) is 13.8 Å². The van der Waals surface area contributed by atoms with Gasteiger partial charge in [-0.3, -0.25) is 0 Å². The Morgan fingerprint density at radius 2 is 1.85 bits per heavy atom. The van der Waals surface area contributed by atoms with Gasteiger partial charge < -0.3 is 14.0 Å². The molecule has 0 aromatic heterocycles. The van der Waals surface area contributed by atoms with E-state index in [9.17, 15) is 4.79 Å². The summed E-state index contributed by atoms with van der Waals surface area (Å²) in [6, 6.07) is 7.99. The Kier molecular flexibility index (Phi) is 6.23. The normalized spacial score (nSPS) is 28.5. The summed E-state index contributed by atoms with van der Waals surface area (Å²) in [4.78, 5) is 12.4. The Bertz CT molecular complexity index is 594. The van der Waals surface area contributed by atoms with E-state index >= 15 is 0 Å². The summed E-state index contributed by atoms with van der Waals surface area (Å²) in [6.07, 6.45) is 6.37. The maximum atomic E-state index is 12.4. The minimum atomic E-state index is -0.212. The number of nitrogens with zero attached hydrogens (tertiary/aromatic N) is 1. The number of carbonyl (C=O) groups excluding carboxylic acids is 1. The summed E-state index contributed by atoms with van der Waals surface area (Å²) in [6.45, 7) is 8.05. The first kappa shape index (κ1) is 19.2. The van der Waals surface area contributed by atoms with E-state index in [1.807, 2.05) is 12.1 Å². The van der Waals surface area contributed by atoms with Crippen LogP contribution in [0.1, 0.15) is 56.3 Å². The molecule has 4 heteroatoms. The van der Waals surface area contributed by atoms with Crippen molar-refractivity contribution in [3.8, 4) is 5.75 Å².